The van der Waals surface area contributed by atoms with Crippen molar-refractivity contribution >= 4 is 12.4 Å². The molecule has 0 spiro atoms. The van der Waals surface area contributed by atoms with Crippen LogP contribution in [0.4, 0.5) is 0 Å². The van der Waals surface area contributed by atoms with Gasteiger partial charge in [-0.2, -0.15) is 4.98 Å². The van der Waals surface area contributed by atoms with E-state index < -0.39 is 0 Å². The first kappa shape index (κ1) is 21.1. The Hall–Kier alpha value is -1.99. The van der Waals surface area contributed by atoms with E-state index in [-0.39, 0.29) is 12.4 Å². The summed E-state index contributed by atoms with van der Waals surface area (Å²) in [6.07, 6.45) is 2.07. The van der Waals surface area contributed by atoms with Crippen molar-refractivity contribution in [2.75, 3.05) is 28.4 Å². The molecule has 0 aliphatic rings. The van der Waals surface area contributed by atoms with Crippen LogP contribution in [0.1, 0.15) is 24.2 Å². The van der Waals surface area contributed by atoms with Gasteiger partial charge >= 0.3 is 0 Å². The molecular weight excluding hydrogens is 346 g/mol. The minimum absolute atomic E-state index is 0. The van der Waals surface area contributed by atoms with Crippen molar-refractivity contribution in [3.05, 3.63) is 29.4 Å². The molecule has 1 N–H and O–H groups in total. The first-order valence-electron chi connectivity index (χ1n) is 7.89. The second-order valence-electron chi connectivity index (χ2n) is 5.49. The Balaban J connectivity index is 0.00000312. The molecule has 0 bridgehead atoms. The molecule has 1 aromatic carbocycles. The Labute approximate surface area is 154 Å². The average Bonchev–Trinajstić information content (AvgIpc) is 3.05. The summed E-state index contributed by atoms with van der Waals surface area (Å²) in [6.45, 7) is 2.07. The maximum atomic E-state index is 5.49. The summed E-state index contributed by atoms with van der Waals surface area (Å²) in [6, 6.07) is 4.13. The van der Waals surface area contributed by atoms with Gasteiger partial charge in [-0.05, 0) is 32.0 Å². The molecule has 2 aromatic rings. The van der Waals surface area contributed by atoms with Crippen LogP contribution in [-0.4, -0.2) is 44.6 Å². The number of hydrogen-bond donors (Lipinski definition) is 1. The molecular formula is C17H26ClN3O4. The second kappa shape index (κ2) is 10.1. The summed E-state index contributed by atoms with van der Waals surface area (Å²) >= 11 is 0. The third-order valence-electron chi connectivity index (χ3n) is 3.89. The molecule has 0 amide bonds. The fraction of sp³-hybridized carbons (Fsp3) is 0.529. The number of benzene rings is 1. The van der Waals surface area contributed by atoms with Gasteiger partial charge in [0.1, 0.15) is 0 Å². The molecule has 25 heavy (non-hydrogen) atoms. The highest BCUT2D eigenvalue weighted by Crippen LogP contribution is 2.40. The van der Waals surface area contributed by atoms with Crippen LogP contribution in [0.15, 0.2) is 16.7 Å². The van der Waals surface area contributed by atoms with Crippen LogP contribution in [-0.2, 0) is 19.3 Å². The molecule has 1 heterocycles. The maximum Gasteiger partial charge on any atom is 0.226 e. The van der Waals surface area contributed by atoms with Crippen LogP contribution in [0.5, 0.6) is 17.2 Å². The van der Waals surface area contributed by atoms with Gasteiger partial charge < -0.3 is 24.1 Å². The second-order valence-corrected chi connectivity index (χ2v) is 5.49. The smallest absolute Gasteiger partial charge is 0.226 e. The Kier molecular flexibility index (Phi) is 8.51. The van der Waals surface area contributed by atoms with Gasteiger partial charge in [0.15, 0.2) is 17.3 Å². The van der Waals surface area contributed by atoms with E-state index in [0.717, 1.165) is 12.0 Å². The average molecular weight is 372 g/mol. The Morgan fingerprint density at radius 2 is 1.80 bits per heavy atom. The van der Waals surface area contributed by atoms with Gasteiger partial charge in [0.25, 0.3) is 0 Å². The van der Waals surface area contributed by atoms with Crippen LogP contribution in [0.3, 0.4) is 0 Å². The standard InChI is InChI=1S/C17H25N3O4.ClH/c1-11(18-2)10-14-19-15(24-20-14)9-7-12-6-8-13(21-3)17(23-5)16(12)22-4;/h6,8,11,18H,7,9-10H2,1-5H3;1H. The quantitative estimate of drug-likeness (QED) is 0.725. The van der Waals surface area contributed by atoms with Crippen molar-refractivity contribution in [1.29, 1.82) is 0 Å². The van der Waals surface area contributed by atoms with Crippen molar-refractivity contribution in [3.8, 4) is 17.2 Å². The zero-order valence-electron chi connectivity index (χ0n) is 15.3. The maximum absolute atomic E-state index is 5.49. The van der Waals surface area contributed by atoms with Gasteiger partial charge in [0.2, 0.25) is 11.6 Å². The van der Waals surface area contributed by atoms with E-state index in [1.807, 2.05) is 19.2 Å². The summed E-state index contributed by atoms with van der Waals surface area (Å²) in [5.41, 5.74) is 0.999. The number of aromatic nitrogens is 2. The van der Waals surface area contributed by atoms with Crippen LogP contribution in [0, 0.1) is 0 Å². The number of halogens is 1. The van der Waals surface area contributed by atoms with E-state index in [1.54, 1.807) is 21.3 Å². The van der Waals surface area contributed by atoms with Crippen molar-refractivity contribution in [2.45, 2.75) is 32.2 Å². The van der Waals surface area contributed by atoms with E-state index in [9.17, 15) is 0 Å². The fourth-order valence-corrected chi connectivity index (χ4v) is 2.45. The first-order valence-corrected chi connectivity index (χ1v) is 7.89. The topological polar surface area (TPSA) is 78.6 Å². The number of likely N-dealkylation sites (N-methyl/N-ethyl adjacent to an activating group) is 1. The summed E-state index contributed by atoms with van der Waals surface area (Å²) < 4.78 is 21.5. The number of methoxy groups -OCH3 is 3. The number of nitrogens with one attached hydrogen (secondary N) is 1. The van der Waals surface area contributed by atoms with Crippen molar-refractivity contribution < 1.29 is 18.7 Å². The van der Waals surface area contributed by atoms with E-state index in [1.165, 1.54) is 0 Å². The van der Waals surface area contributed by atoms with Gasteiger partial charge in [0, 0.05) is 18.9 Å². The molecule has 0 aliphatic carbocycles. The van der Waals surface area contributed by atoms with Crippen LogP contribution in [0.25, 0.3) is 0 Å². The fourth-order valence-electron chi connectivity index (χ4n) is 2.45. The first-order chi connectivity index (χ1) is 11.6. The van der Waals surface area contributed by atoms with Crippen molar-refractivity contribution in [2.24, 2.45) is 0 Å². The lowest BCUT2D eigenvalue weighted by atomic mass is 10.1. The van der Waals surface area contributed by atoms with Crippen LogP contribution in [0.2, 0.25) is 0 Å². The largest absolute Gasteiger partial charge is 0.493 e. The Morgan fingerprint density at radius 3 is 2.40 bits per heavy atom. The van der Waals surface area contributed by atoms with Gasteiger partial charge in [-0.1, -0.05) is 11.2 Å². The lowest BCUT2D eigenvalue weighted by Crippen LogP contribution is -2.24. The van der Waals surface area contributed by atoms with Crippen molar-refractivity contribution in [1.82, 2.24) is 15.5 Å². The monoisotopic (exact) mass is 371 g/mol. The lowest BCUT2D eigenvalue weighted by Gasteiger charge is -2.15. The lowest BCUT2D eigenvalue weighted by molar-refractivity contribution is 0.321. The van der Waals surface area contributed by atoms with Gasteiger partial charge in [0.05, 0.1) is 21.3 Å². The molecule has 0 radical (unpaired) electrons. The van der Waals surface area contributed by atoms with Gasteiger partial charge in [-0.3, -0.25) is 0 Å². The van der Waals surface area contributed by atoms with Gasteiger partial charge in [-0.25, -0.2) is 0 Å². The number of hydrogen-bond acceptors (Lipinski definition) is 7. The summed E-state index contributed by atoms with van der Waals surface area (Å²) in [5, 5.41) is 7.17. The summed E-state index contributed by atoms with van der Waals surface area (Å²) in [5.74, 6) is 3.22. The molecule has 0 saturated heterocycles. The van der Waals surface area contributed by atoms with E-state index >= 15 is 0 Å². The molecule has 1 aromatic heterocycles. The normalized spacial score (nSPS) is 11.6. The summed E-state index contributed by atoms with van der Waals surface area (Å²) in [4.78, 5) is 4.43. The molecule has 0 aliphatic heterocycles. The Bertz CT molecular complexity index is 663. The molecule has 8 heteroatoms. The highest BCUT2D eigenvalue weighted by Gasteiger charge is 2.17. The van der Waals surface area contributed by atoms with Gasteiger partial charge in [-0.15, -0.1) is 12.4 Å². The molecule has 0 saturated carbocycles. The minimum atomic E-state index is 0. The van der Waals surface area contributed by atoms with E-state index in [4.69, 9.17) is 18.7 Å². The number of nitrogens with zero attached hydrogens (tertiary/aromatic N) is 2. The molecule has 7 nitrogen and oxygen atoms in total. The van der Waals surface area contributed by atoms with Crippen LogP contribution < -0.4 is 19.5 Å². The van der Waals surface area contributed by atoms with E-state index in [2.05, 4.69) is 22.4 Å². The third kappa shape index (κ3) is 5.24. The predicted octanol–water partition coefficient (Wildman–Crippen LogP) is 2.45. The predicted molar refractivity (Wildman–Crippen MR) is 97.3 cm³/mol. The zero-order chi connectivity index (χ0) is 17.5. The highest BCUT2D eigenvalue weighted by atomic mass is 35.5. The third-order valence-corrected chi connectivity index (χ3v) is 3.89. The Morgan fingerprint density at radius 1 is 1.08 bits per heavy atom. The highest BCUT2D eigenvalue weighted by molar-refractivity contribution is 5.85. The number of ether oxygens (including phenoxy) is 3. The number of aryl methyl sites for hydroxylation is 2. The zero-order valence-corrected chi connectivity index (χ0v) is 16.1. The summed E-state index contributed by atoms with van der Waals surface area (Å²) in [7, 11) is 6.72. The van der Waals surface area contributed by atoms with E-state index in [0.29, 0.717) is 47.8 Å². The molecule has 0 fully saturated rings. The molecule has 1 atom stereocenters. The number of rotatable bonds is 9. The van der Waals surface area contributed by atoms with Crippen LogP contribution >= 0.6 is 12.4 Å². The molecule has 1 unspecified atom stereocenters. The molecule has 140 valence electrons. The molecule has 2 rings (SSSR count). The minimum Gasteiger partial charge on any atom is -0.493 e. The van der Waals surface area contributed by atoms with Crippen molar-refractivity contribution in [3.63, 3.8) is 0 Å². The SMILES string of the molecule is CNC(C)Cc1noc(CCc2ccc(OC)c(OC)c2OC)n1.Cl.